The number of halogens is 3. The molecule has 0 radical (unpaired) electrons. The van der Waals surface area contributed by atoms with Gasteiger partial charge in [-0.1, -0.05) is 53.9 Å². The zero-order valence-electron chi connectivity index (χ0n) is 20.3. The van der Waals surface area contributed by atoms with Gasteiger partial charge in [0.1, 0.15) is 12.6 Å². The molecule has 192 valence electrons. The predicted molar refractivity (Wildman–Crippen MR) is 143 cm³/mol. The lowest BCUT2D eigenvalue weighted by Crippen LogP contribution is -2.52. The molecule has 0 bridgehead atoms. The van der Waals surface area contributed by atoms with E-state index in [1.807, 2.05) is 13.8 Å². The number of hydrogen-bond acceptors (Lipinski definition) is 4. The van der Waals surface area contributed by atoms with Crippen LogP contribution in [-0.4, -0.2) is 50.0 Å². The van der Waals surface area contributed by atoms with E-state index in [4.69, 9.17) is 34.8 Å². The summed E-state index contributed by atoms with van der Waals surface area (Å²) in [6.07, 6.45) is 1.73. The second-order valence-corrected chi connectivity index (χ2v) is 11.5. The Hall–Kier alpha value is -2.00. The van der Waals surface area contributed by atoms with Crippen molar-refractivity contribution in [2.75, 3.05) is 17.1 Å². The van der Waals surface area contributed by atoms with Crippen LogP contribution in [0.2, 0.25) is 15.1 Å². The third-order valence-corrected chi connectivity index (χ3v) is 7.97. The fraction of sp³-hybridized carbons (Fsp3) is 0.417. The quantitative estimate of drug-likeness (QED) is 0.439. The number of nitrogens with one attached hydrogen (secondary N) is 1. The van der Waals surface area contributed by atoms with Crippen molar-refractivity contribution in [2.45, 2.75) is 52.7 Å². The van der Waals surface area contributed by atoms with Gasteiger partial charge in [0.25, 0.3) is 0 Å². The Labute approximate surface area is 222 Å². The summed E-state index contributed by atoms with van der Waals surface area (Å²) in [5, 5.41) is 3.91. The van der Waals surface area contributed by atoms with Crippen LogP contribution in [0.1, 0.15) is 38.3 Å². The number of carbonyl (C=O) groups excluding carboxylic acids is 2. The van der Waals surface area contributed by atoms with E-state index >= 15 is 0 Å². The number of anilines is 1. The number of nitrogens with zero attached hydrogens (tertiary/aromatic N) is 2. The van der Waals surface area contributed by atoms with Crippen molar-refractivity contribution in [1.29, 1.82) is 0 Å². The van der Waals surface area contributed by atoms with Crippen LogP contribution in [-0.2, 0) is 26.2 Å². The molecule has 2 aromatic carbocycles. The van der Waals surface area contributed by atoms with Crippen LogP contribution >= 0.6 is 34.8 Å². The molecule has 0 aliphatic carbocycles. The Morgan fingerprint density at radius 3 is 2.26 bits per heavy atom. The highest BCUT2D eigenvalue weighted by atomic mass is 35.5. The van der Waals surface area contributed by atoms with Crippen LogP contribution in [0.15, 0.2) is 36.4 Å². The van der Waals surface area contributed by atoms with E-state index in [1.165, 1.54) is 4.90 Å². The van der Waals surface area contributed by atoms with E-state index in [1.54, 1.807) is 50.2 Å². The lowest BCUT2D eigenvalue weighted by Gasteiger charge is -2.32. The maximum absolute atomic E-state index is 13.6. The SMILES string of the molecule is CC[C@@H](C)NC(=O)[C@H](C)N(Cc1ccc(Cl)c(Cl)c1)C(=O)CN(c1cccc(Cl)c1C)S(C)(=O)=O. The summed E-state index contributed by atoms with van der Waals surface area (Å²) in [4.78, 5) is 27.8. The molecule has 0 aliphatic heterocycles. The van der Waals surface area contributed by atoms with Gasteiger partial charge in [0.15, 0.2) is 0 Å². The Balaban J connectivity index is 2.45. The molecule has 2 amide bonds. The molecule has 2 aromatic rings. The Kier molecular flexibility index (Phi) is 10.3. The molecule has 0 fully saturated rings. The monoisotopic (exact) mass is 561 g/mol. The lowest BCUT2D eigenvalue weighted by atomic mass is 10.1. The van der Waals surface area contributed by atoms with E-state index < -0.39 is 28.5 Å². The van der Waals surface area contributed by atoms with Crippen molar-refractivity contribution in [1.82, 2.24) is 10.2 Å². The first-order chi connectivity index (χ1) is 16.3. The first kappa shape index (κ1) is 29.2. The van der Waals surface area contributed by atoms with E-state index in [0.717, 1.165) is 17.0 Å². The first-order valence-electron chi connectivity index (χ1n) is 11.0. The van der Waals surface area contributed by atoms with Crippen LogP contribution in [0.5, 0.6) is 0 Å². The van der Waals surface area contributed by atoms with Gasteiger partial charge in [0, 0.05) is 17.6 Å². The molecule has 35 heavy (non-hydrogen) atoms. The number of hydrogen-bond donors (Lipinski definition) is 1. The second kappa shape index (κ2) is 12.3. The molecule has 0 saturated heterocycles. The van der Waals surface area contributed by atoms with Gasteiger partial charge in [-0.25, -0.2) is 8.42 Å². The number of rotatable bonds is 10. The topological polar surface area (TPSA) is 86.8 Å². The maximum atomic E-state index is 13.6. The van der Waals surface area contributed by atoms with Crippen molar-refractivity contribution in [3.8, 4) is 0 Å². The Bertz CT molecular complexity index is 1190. The van der Waals surface area contributed by atoms with Crippen molar-refractivity contribution >= 4 is 62.3 Å². The molecule has 0 saturated carbocycles. The first-order valence-corrected chi connectivity index (χ1v) is 14.0. The van der Waals surface area contributed by atoms with E-state index in [-0.39, 0.29) is 18.5 Å². The third-order valence-electron chi connectivity index (χ3n) is 5.69. The zero-order valence-corrected chi connectivity index (χ0v) is 23.4. The van der Waals surface area contributed by atoms with Crippen molar-refractivity contribution < 1.29 is 18.0 Å². The summed E-state index contributed by atoms with van der Waals surface area (Å²) in [5.41, 5.74) is 1.45. The minimum Gasteiger partial charge on any atom is -0.352 e. The molecule has 1 N–H and O–H groups in total. The number of carbonyl (C=O) groups is 2. The highest BCUT2D eigenvalue weighted by Gasteiger charge is 2.31. The van der Waals surface area contributed by atoms with E-state index in [0.29, 0.717) is 31.9 Å². The van der Waals surface area contributed by atoms with Gasteiger partial charge >= 0.3 is 0 Å². The predicted octanol–water partition coefficient (Wildman–Crippen LogP) is 5.05. The van der Waals surface area contributed by atoms with Gasteiger partial charge in [-0.3, -0.25) is 13.9 Å². The molecular formula is C24H30Cl3N3O4S. The number of benzene rings is 2. The molecule has 0 unspecified atom stereocenters. The molecule has 0 aromatic heterocycles. The summed E-state index contributed by atoms with van der Waals surface area (Å²) in [6, 6.07) is 8.77. The molecular weight excluding hydrogens is 533 g/mol. The van der Waals surface area contributed by atoms with Crippen molar-refractivity contribution in [3.05, 3.63) is 62.6 Å². The fourth-order valence-electron chi connectivity index (χ4n) is 3.34. The Morgan fingerprint density at radius 2 is 1.69 bits per heavy atom. The average Bonchev–Trinajstić information content (AvgIpc) is 2.78. The van der Waals surface area contributed by atoms with Crippen molar-refractivity contribution in [3.63, 3.8) is 0 Å². The van der Waals surface area contributed by atoms with Crippen LogP contribution in [0.4, 0.5) is 5.69 Å². The second-order valence-electron chi connectivity index (χ2n) is 8.42. The largest absolute Gasteiger partial charge is 0.352 e. The highest BCUT2D eigenvalue weighted by molar-refractivity contribution is 7.92. The molecule has 0 heterocycles. The van der Waals surface area contributed by atoms with Crippen LogP contribution < -0.4 is 9.62 Å². The summed E-state index contributed by atoms with van der Waals surface area (Å²) in [7, 11) is -3.85. The van der Waals surface area contributed by atoms with E-state index in [9.17, 15) is 18.0 Å². The molecule has 0 aliphatic rings. The minimum atomic E-state index is -3.85. The van der Waals surface area contributed by atoms with Crippen LogP contribution in [0, 0.1) is 6.92 Å². The Morgan fingerprint density at radius 1 is 1.03 bits per heavy atom. The fourth-order valence-corrected chi connectivity index (χ4v) is 4.73. The van der Waals surface area contributed by atoms with Gasteiger partial charge in [-0.05, 0) is 62.6 Å². The van der Waals surface area contributed by atoms with Gasteiger partial charge < -0.3 is 10.2 Å². The smallest absolute Gasteiger partial charge is 0.244 e. The highest BCUT2D eigenvalue weighted by Crippen LogP contribution is 2.29. The number of sulfonamides is 1. The summed E-state index contributed by atoms with van der Waals surface area (Å²) in [6.45, 7) is 6.59. The lowest BCUT2D eigenvalue weighted by molar-refractivity contribution is -0.139. The molecule has 2 rings (SSSR count). The zero-order chi connectivity index (χ0) is 26.5. The van der Waals surface area contributed by atoms with Gasteiger partial charge in [-0.2, -0.15) is 0 Å². The average molecular weight is 563 g/mol. The maximum Gasteiger partial charge on any atom is 0.244 e. The van der Waals surface area contributed by atoms with Crippen molar-refractivity contribution in [2.24, 2.45) is 0 Å². The van der Waals surface area contributed by atoms with Gasteiger partial charge in [0.05, 0.1) is 22.0 Å². The minimum absolute atomic E-state index is 0.0247. The van der Waals surface area contributed by atoms with Crippen LogP contribution in [0.3, 0.4) is 0 Å². The van der Waals surface area contributed by atoms with E-state index in [2.05, 4.69) is 5.32 Å². The normalized spacial score (nSPS) is 13.1. The molecule has 11 heteroatoms. The number of amides is 2. The van der Waals surface area contributed by atoms with Crippen LogP contribution in [0.25, 0.3) is 0 Å². The molecule has 7 nitrogen and oxygen atoms in total. The standard InChI is InChI=1S/C24H30Cl3N3O4S/c1-6-15(2)28-24(32)17(4)29(13-18-10-11-20(26)21(27)12-18)23(31)14-30(35(5,33)34)22-9-7-8-19(25)16(22)3/h7-12,15,17H,6,13-14H2,1-5H3,(H,28,32)/t15-,17+/m1/s1. The van der Waals surface area contributed by atoms with Gasteiger partial charge in [-0.15, -0.1) is 0 Å². The summed E-state index contributed by atoms with van der Waals surface area (Å²) >= 11 is 18.4. The third kappa shape index (κ3) is 7.74. The summed E-state index contributed by atoms with van der Waals surface area (Å²) in [5.74, 6) is -0.912. The van der Waals surface area contributed by atoms with Gasteiger partial charge in [0.2, 0.25) is 21.8 Å². The summed E-state index contributed by atoms with van der Waals surface area (Å²) < 4.78 is 26.4. The molecule has 0 spiro atoms. The molecule has 2 atom stereocenters.